The first-order valence-corrected chi connectivity index (χ1v) is 8.78. The predicted octanol–water partition coefficient (Wildman–Crippen LogP) is 1.53. The van der Waals surface area contributed by atoms with Gasteiger partial charge < -0.3 is 10.5 Å². The maximum absolute atomic E-state index is 12.4. The van der Waals surface area contributed by atoms with Crippen LogP contribution in [0.5, 0.6) is 0 Å². The standard InChI is InChI=1S/C13H19BrN2O3S/c1-9-12(14)4-11(6-15)5-13(9)20(17,18)16-7-10-2-3-19-8-10/h4-5,10,16H,2-3,6-8,15H2,1H3. The Morgan fingerprint density at radius 3 is 2.85 bits per heavy atom. The molecule has 1 saturated heterocycles. The monoisotopic (exact) mass is 362 g/mol. The molecule has 0 spiro atoms. The lowest BCUT2D eigenvalue weighted by Crippen LogP contribution is -2.30. The highest BCUT2D eigenvalue weighted by atomic mass is 79.9. The zero-order valence-electron chi connectivity index (χ0n) is 11.4. The highest BCUT2D eigenvalue weighted by Crippen LogP contribution is 2.26. The van der Waals surface area contributed by atoms with E-state index >= 15 is 0 Å². The van der Waals surface area contributed by atoms with Crippen LogP contribution < -0.4 is 10.5 Å². The number of nitrogens with one attached hydrogen (secondary N) is 1. The van der Waals surface area contributed by atoms with Gasteiger partial charge in [0, 0.05) is 24.2 Å². The van der Waals surface area contributed by atoms with Crippen LogP contribution in [0.3, 0.4) is 0 Å². The van der Waals surface area contributed by atoms with Crippen molar-refractivity contribution < 1.29 is 13.2 Å². The van der Waals surface area contributed by atoms with Gasteiger partial charge in [-0.2, -0.15) is 0 Å². The van der Waals surface area contributed by atoms with Crippen molar-refractivity contribution in [1.82, 2.24) is 4.72 Å². The minimum atomic E-state index is -3.52. The quantitative estimate of drug-likeness (QED) is 0.831. The van der Waals surface area contributed by atoms with Gasteiger partial charge in [-0.05, 0) is 42.5 Å². The van der Waals surface area contributed by atoms with Crippen molar-refractivity contribution in [2.24, 2.45) is 11.7 Å². The van der Waals surface area contributed by atoms with Crippen LogP contribution >= 0.6 is 15.9 Å². The van der Waals surface area contributed by atoms with E-state index in [4.69, 9.17) is 10.5 Å². The number of ether oxygens (including phenoxy) is 1. The Morgan fingerprint density at radius 2 is 2.25 bits per heavy atom. The molecule has 0 amide bonds. The molecule has 7 heteroatoms. The third-order valence-electron chi connectivity index (χ3n) is 3.47. The lowest BCUT2D eigenvalue weighted by Gasteiger charge is -2.14. The average Bonchev–Trinajstić information content (AvgIpc) is 2.92. The molecule has 0 aliphatic carbocycles. The van der Waals surface area contributed by atoms with Gasteiger partial charge in [-0.3, -0.25) is 0 Å². The summed E-state index contributed by atoms with van der Waals surface area (Å²) in [4.78, 5) is 0.284. The Kier molecular flexibility index (Phi) is 5.19. The summed E-state index contributed by atoms with van der Waals surface area (Å²) in [7, 11) is -3.52. The van der Waals surface area contributed by atoms with E-state index in [1.807, 2.05) is 6.07 Å². The molecule has 1 unspecified atom stereocenters. The lowest BCUT2D eigenvalue weighted by atomic mass is 10.1. The van der Waals surface area contributed by atoms with Gasteiger partial charge in [0.05, 0.1) is 11.5 Å². The first-order chi connectivity index (χ1) is 9.44. The number of sulfonamides is 1. The largest absolute Gasteiger partial charge is 0.381 e. The molecule has 1 aliphatic rings. The Labute approximate surface area is 128 Å². The molecule has 1 aliphatic heterocycles. The zero-order valence-corrected chi connectivity index (χ0v) is 13.8. The van der Waals surface area contributed by atoms with E-state index in [1.54, 1.807) is 13.0 Å². The summed E-state index contributed by atoms with van der Waals surface area (Å²) in [5, 5.41) is 0. The van der Waals surface area contributed by atoms with Crippen LogP contribution in [0.4, 0.5) is 0 Å². The van der Waals surface area contributed by atoms with Crippen LogP contribution in [0, 0.1) is 12.8 Å². The summed E-state index contributed by atoms with van der Waals surface area (Å²) in [6, 6.07) is 3.48. The molecule has 1 heterocycles. The topological polar surface area (TPSA) is 81.4 Å². The fourth-order valence-corrected chi connectivity index (χ4v) is 4.22. The van der Waals surface area contributed by atoms with E-state index in [0.717, 1.165) is 16.5 Å². The van der Waals surface area contributed by atoms with Crippen LogP contribution in [-0.2, 0) is 21.3 Å². The van der Waals surface area contributed by atoms with Gasteiger partial charge in [-0.1, -0.05) is 15.9 Å². The van der Waals surface area contributed by atoms with Crippen molar-refractivity contribution in [3.8, 4) is 0 Å². The molecular weight excluding hydrogens is 344 g/mol. The lowest BCUT2D eigenvalue weighted by molar-refractivity contribution is 0.186. The van der Waals surface area contributed by atoms with Crippen molar-refractivity contribution in [1.29, 1.82) is 0 Å². The summed E-state index contributed by atoms with van der Waals surface area (Å²) in [5.74, 6) is 0.256. The van der Waals surface area contributed by atoms with E-state index in [9.17, 15) is 8.42 Å². The van der Waals surface area contributed by atoms with Gasteiger partial charge in [-0.15, -0.1) is 0 Å². The molecule has 1 aromatic carbocycles. The minimum Gasteiger partial charge on any atom is -0.381 e. The summed E-state index contributed by atoms with van der Waals surface area (Å²) >= 11 is 3.38. The highest BCUT2D eigenvalue weighted by Gasteiger charge is 2.22. The van der Waals surface area contributed by atoms with Crippen molar-refractivity contribution in [2.75, 3.05) is 19.8 Å². The van der Waals surface area contributed by atoms with Crippen LogP contribution in [0.25, 0.3) is 0 Å². The van der Waals surface area contributed by atoms with E-state index in [1.165, 1.54) is 0 Å². The van der Waals surface area contributed by atoms with E-state index < -0.39 is 10.0 Å². The first-order valence-electron chi connectivity index (χ1n) is 6.50. The van der Waals surface area contributed by atoms with Crippen LogP contribution in [0.2, 0.25) is 0 Å². The van der Waals surface area contributed by atoms with Crippen LogP contribution in [0.15, 0.2) is 21.5 Å². The molecule has 0 aromatic heterocycles. The molecule has 0 bridgehead atoms. The minimum absolute atomic E-state index is 0.256. The number of nitrogens with two attached hydrogens (primary N) is 1. The molecule has 20 heavy (non-hydrogen) atoms. The van der Waals surface area contributed by atoms with Crippen molar-refractivity contribution in [3.05, 3.63) is 27.7 Å². The molecule has 2 rings (SSSR count). The van der Waals surface area contributed by atoms with Gasteiger partial charge in [0.15, 0.2) is 0 Å². The number of hydrogen-bond donors (Lipinski definition) is 2. The van der Waals surface area contributed by atoms with E-state index in [-0.39, 0.29) is 10.8 Å². The average molecular weight is 363 g/mol. The maximum Gasteiger partial charge on any atom is 0.240 e. The summed E-state index contributed by atoms with van der Waals surface area (Å²) in [6.45, 7) is 3.81. The second-order valence-corrected chi connectivity index (χ2v) is 7.58. The van der Waals surface area contributed by atoms with E-state index in [2.05, 4.69) is 20.7 Å². The van der Waals surface area contributed by atoms with Gasteiger partial charge in [-0.25, -0.2) is 13.1 Å². The van der Waals surface area contributed by atoms with Gasteiger partial charge in [0.2, 0.25) is 10.0 Å². The fraction of sp³-hybridized carbons (Fsp3) is 0.538. The van der Waals surface area contributed by atoms with Gasteiger partial charge in [0.1, 0.15) is 0 Å². The summed E-state index contributed by atoms with van der Waals surface area (Å²) in [5.41, 5.74) is 7.08. The smallest absolute Gasteiger partial charge is 0.240 e. The Hall–Kier alpha value is -0.470. The summed E-state index contributed by atoms with van der Waals surface area (Å²) in [6.07, 6.45) is 0.897. The predicted molar refractivity (Wildman–Crippen MR) is 80.9 cm³/mol. The first kappa shape index (κ1) is 15.9. The van der Waals surface area contributed by atoms with Gasteiger partial charge >= 0.3 is 0 Å². The fourth-order valence-electron chi connectivity index (χ4n) is 2.15. The molecule has 0 radical (unpaired) electrons. The SMILES string of the molecule is Cc1c(Br)cc(CN)cc1S(=O)(=O)NCC1CCOC1. The molecular formula is C13H19BrN2O3S. The van der Waals surface area contributed by atoms with Gasteiger partial charge in [0.25, 0.3) is 0 Å². The third-order valence-corrected chi connectivity index (χ3v) is 5.84. The molecule has 1 aromatic rings. The molecule has 5 nitrogen and oxygen atoms in total. The third kappa shape index (κ3) is 3.59. The van der Waals surface area contributed by atoms with E-state index in [0.29, 0.717) is 31.9 Å². The van der Waals surface area contributed by atoms with Crippen molar-refractivity contribution >= 4 is 26.0 Å². The Balaban J connectivity index is 2.21. The number of benzene rings is 1. The number of halogens is 1. The second kappa shape index (κ2) is 6.53. The molecule has 112 valence electrons. The van der Waals surface area contributed by atoms with Crippen molar-refractivity contribution in [2.45, 2.75) is 24.8 Å². The normalized spacial score (nSPS) is 19.4. The number of rotatable bonds is 5. The molecule has 1 atom stereocenters. The highest BCUT2D eigenvalue weighted by molar-refractivity contribution is 9.10. The molecule has 0 saturated carbocycles. The van der Waals surface area contributed by atoms with Crippen LogP contribution in [-0.4, -0.2) is 28.2 Å². The van der Waals surface area contributed by atoms with Crippen LogP contribution in [0.1, 0.15) is 17.5 Å². The maximum atomic E-state index is 12.4. The zero-order chi connectivity index (χ0) is 14.8. The Bertz CT molecular complexity index is 584. The summed E-state index contributed by atoms with van der Waals surface area (Å²) < 4.78 is 33.5. The molecule has 1 fully saturated rings. The molecule has 3 N–H and O–H groups in total. The number of hydrogen-bond acceptors (Lipinski definition) is 4. The van der Waals surface area contributed by atoms with Crippen molar-refractivity contribution in [3.63, 3.8) is 0 Å². The second-order valence-electron chi connectivity index (χ2n) is 4.99. The Morgan fingerprint density at radius 1 is 1.50 bits per heavy atom.